The topological polar surface area (TPSA) is 93.5 Å². The summed E-state index contributed by atoms with van der Waals surface area (Å²) in [5.74, 6) is -0.647. The molecule has 4 N–H and O–H groups in total. The number of carbonyl (C=O) groups excluding carboxylic acids is 2. The van der Waals surface area contributed by atoms with E-state index in [4.69, 9.17) is 10.5 Å². The SMILES string of the molecule is CCCC(N)(CCC)c1ccc(N/C(=C2\C(=O)Nc3cc(C(=O)OCC)ccc32)c2ccccc2)cc1. The smallest absolute Gasteiger partial charge is 0.338 e. The second-order valence-corrected chi connectivity index (χ2v) is 9.41. The lowest BCUT2D eigenvalue weighted by Crippen LogP contribution is -2.36. The van der Waals surface area contributed by atoms with Crippen LogP contribution in [0.2, 0.25) is 0 Å². The number of ether oxygens (including phenoxy) is 1. The first-order valence-corrected chi connectivity index (χ1v) is 13.0. The number of hydrogen-bond acceptors (Lipinski definition) is 5. The zero-order chi connectivity index (χ0) is 26.4. The number of hydrogen-bond donors (Lipinski definition) is 3. The summed E-state index contributed by atoms with van der Waals surface area (Å²) in [6, 6.07) is 23.1. The average molecular weight is 498 g/mol. The van der Waals surface area contributed by atoms with Gasteiger partial charge in [0, 0.05) is 16.8 Å². The van der Waals surface area contributed by atoms with Crippen molar-refractivity contribution in [3.05, 3.63) is 95.1 Å². The van der Waals surface area contributed by atoms with Crippen LogP contribution in [0.5, 0.6) is 0 Å². The average Bonchev–Trinajstić information content (AvgIpc) is 3.23. The van der Waals surface area contributed by atoms with Gasteiger partial charge in [-0.15, -0.1) is 0 Å². The Hall–Kier alpha value is -3.90. The number of amides is 1. The van der Waals surface area contributed by atoms with E-state index in [0.29, 0.717) is 22.5 Å². The summed E-state index contributed by atoms with van der Waals surface area (Å²) in [4.78, 5) is 25.4. The first-order valence-electron chi connectivity index (χ1n) is 13.0. The van der Waals surface area contributed by atoms with Gasteiger partial charge >= 0.3 is 5.97 Å². The van der Waals surface area contributed by atoms with Crippen molar-refractivity contribution in [1.82, 2.24) is 0 Å². The fourth-order valence-electron chi connectivity index (χ4n) is 4.98. The Balaban J connectivity index is 1.74. The van der Waals surface area contributed by atoms with Gasteiger partial charge in [-0.25, -0.2) is 4.79 Å². The zero-order valence-corrected chi connectivity index (χ0v) is 21.8. The van der Waals surface area contributed by atoms with E-state index in [-0.39, 0.29) is 18.1 Å². The minimum absolute atomic E-state index is 0.231. The Morgan fingerprint density at radius 1 is 0.919 bits per heavy atom. The fraction of sp³-hybridized carbons (Fsp3) is 0.290. The monoisotopic (exact) mass is 497 g/mol. The molecule has 0 spiro atoms. The Morgan fingerprint density at radius 2 is 1.59 bits per heavy atom. The highest BCUT2D eigenvalue weighted by Crippen LogP contribution is 2.38. The van der Waals surface area contributed by atoms with Crippen molar-refractivity contribution >= 4 is 34.5 Å². The number of nitrogens with two attached hydrogens (primary N) is 1. The molecule has 6 heteroatoms. The highest BCUT2D eigenvalue weighted by molar-refractivity contribution is 6.37. The van der Waals surface area contributed by atoms with Gasteiger partial charge in [0.1, 0.15) is 0 Å². The number of nitrogens with one attached hydrogen (secondary N) is 2. The lowest BCUT2D eigenvalue weighted by atomic mass is 9.83. The summed E-state index contributed by atoms with van der Waals surface area (Å²) in [6.45, 7) is 6.37. The molecule has 1 aliphatic rings. The van der Waals surface area contributed by atoms with Crippen LogP contribution in [0.1, 0.15) is 73.5 Å². The van der Waals surface area contributed by atoms with Gasteiger partial charge in [0.15, 0.2) is 0 Å². The Labute approximate surface area is 218 Å². The third-order valence-electron chi connectivity index (χ3n) is 6.71. The molecule has 0 saturated carbocycles. The highest BCUT2D eigenvalue weighted by Gasteiger charge is 2.30. The van der Waals surface area contributed by atoms with E-state index < -0.39 is 5.97 Å². The van der Waals surface area contributed by atoms with Crippen LogP contribution in [0, 0.1) is 0 Å². The van der Waals surface area contributed by atoms with Crippen LogP contribution in [0.15, 0.2) is 72.8 Å². The van der Waals surface area contributed by atoms with E-state index in [1.807, 2.05) is 42.5 Å². The quantitative estimate of drug-likeness (QED) is 0.218. The summed E-state index contributed by atoms with van der Waals surface area (Å²) in [5, 5.41) is 6.41. The van der Waals surface area contributed by atoms with Crippen LogP contribution >= 0.6 is 0 Å². The van der Waals surface area contributed by atoms with Crippen LogP contribution < -0.4 is 16.4 Å². The van der Waals surface area contributed by atoms with Crippen molar-refractivity contribution < 1.29 is 14.3 Å². The third-order valence-corrected chi connectivity index (χ3v) is 6.71. The van der Waals surface area contributed by atoms with Crippen molar-refractivity contribution in [3.8, 4) is 0 Å². The van der Waals surface area contributed by atoms with Gasteiger partial charge < -0.3 is 21.1 Å². The number of carbonyl (C=O) groups is 2. The van der Waals surface area contributed by atoms with Crippen molar-refractivity contribution in [2.24, 2.45) is 5.73 Å². The predicted octanol–water partition coefficient (Wildman–Crippen LogP) is 6.55. The van der Waals surface area contributed by atoms with Crippen molar-refractivity contribution in [1.29, 1.82) is 0 Å². The second-order valence-electron chi connectivity index (χ2n) is 9.41. The van der Waals surface area contributed by atoms with Gasteiger partial charge in [0.05, 0.1) is 29.1 Å². The van der Waals surface area contributed by atoms with Crippen LogP contribution in [0.4, 0.5) is 11.4 Å². The zero-order valence-electron chi connectivity index (χ0n) is 21.8. The molecule has 1 aliphatic heterocycles. The van der Waals surface area contributed by atoms with E-state index in [0.717, 1.165) is 48.1 Å². The van der Waals surface area contributed by atoms with Crippen molar-refractivity contribution in [2.45, 2.75) is 52.0 Å². The van der Waals surface area contributed by atoms with Gasteiger partial charge in [-0.3, -0.25) is 4.79 Å². The van der Waals surface area contributed by atoms with Gasteiger partial charge in [-0.05, 0) is 55.2 Å². The minimum Gasteiger partial charge on any atom is -0.462 e. The third kappa shape index (κ3) is 5.59. The maximum Gasteiger partial charge on any atom is 0.338 e. The maximum absolute atomic E-state index is 13.2. The van der Waals surface area contributed by atoms with E-state index in [1.54, 1.807) is 25.1 Å². The lowest BCUT2D eigenvalue weighted by Gasteiger charge is -2.30. The van der Waals surface area contributed by atoms with Crippen molar-refractivity contribution in [2.75, 3.05) is 17.2 Å². The van der Waals surface area contributed by atoms with E-state index in [1.165, 1.54) is 0 Å². The van der Waals surface area contributed by atoms with Gasteiger partial charge in [0.25, 0.3) is 5.91 Å². The standard InChI is InChI=1S/C31H35N3O3/c1-4-18-31(32,19-5-2)23-13-15-24(16-14-23)33-28(21-10-8-7-9-11-21)27-25-17-12-22(30(36)37-6-3)20-26(25)34-29(27)35/h7-17,20,33H,4-6,18-19,32H2,1-3H3,(H,34,35)/b28-27-. The summed E-state index contributed by atoms with van der Waals surface area (Å²) in [7, 11) is 0. The molecule has 1 heterocycles. The predicted molar refractivity (Wildman–Crippen MR) is 150 cm³/mol. The normalized spacial score (nSPS) is 14.1. The fourth-order valence-corrected chi connectivity index (χ4v) is 4.98. The van der Waals surface area contributed by atoms with E-state index in [9.17, 15) is 9.59 Å². The molecule has 4 rings (SSSR count). The minimum atomic E-state index is -0.416. The van der Waals surface area contributed by atoms with Crippen LogP contribution in [0.25, 0.3) is 11.3 Å². The molecule has 0 atom stereocenters. The molecule has 0 unspecified atom stereocenters. The summed E-state index contributed by atoms with van der Waals surface area (Å²) < 4.78 is 5.12. The van der Waals surface area contributed by atoms with Crippen LogP contribution in [-0.4, -0.2) is 18.5 Å². The van der Waals surface area contributed by atoms with E-state index >= 15 is 0 Å². The first-order chi connectivity index (χ1) is 17.9. The molecule has 37 heavy (non-hydrogen) atoms. The number of rotatable bonds is 10. The lowest BCUT2D eigenvalue weighted by molar-refractivity contribution is -0.110. The van der Waals surface area contributed by atoms with Gasteiger partial charge in [-0.1, -0.05) is 75.2 Å². The van der Waals surface area contributed by atoms with Gasteiger partial charge in [-0.2, -0.15) is 0 Å². The number of anilines is 2. The molecule has 0 fully saturated rings. The Bertz CT molecular complexity index is 1290. The molecular formula is C31H35N3O3. The number of esters is 1. The number of fused-ring (bicyclic) bond motifs is 1. The molecule has 0 saturated heterocycles. The highest BCUT2D eigenvalue weighted by atomic mass is 16.5. The molecule has 192 valence electrons. The largest absolute Gasteiger partial charge is 0.462 e. The second kappa shape index (κ2) is 11.4. The Morgan fingerprint density at radius 3 is 2.22 bits per heavy atom. The molecule has 0 aliphatic carbocycles. The van der Waals surface area contributed by atoms with Crippen LogP contribution in [-0.2, 0) is 15.1 Å². The molecule has 0 bridgehead atoms. The molecule has 3 aromatic carbocycles. The first kappa shape index (κ1) is 26.2. The van der Waals surface area contributed by atoms with Crippen LogP contribution in [0.3, 0.4) is 0 Å². The summed E-state index contributed by atoms with van der Waals surface area (Å²) in [5.41, 5.74) is 12.2. The maximum atomic E-state index is 13.2. The molecular weight excluding hydrogens is 462 g/mol. The van der Waals surface area contributed by atoms with E-state index in [2.05, 4.69) is 36.6 Å². The summed E-state index contributed by atoms with van der Waals surface area (Å²) >= 11 is 0. The van der Waals surface area contributed by atoms with Gasteiger partial charge in [0.2, 0.25) is 0 Å². The molecule has 0 radical (unpaired) electrons. The molecule has 6 nitrogen and oxygen atoms in total. The molecule has 0 aromatic heterocycles. The molecule has 3 aromatic rings. The Kier molecular flexibility index (Phi) is 8.09. The summed E-state index contributed by atoms with van der Waals surface area (Å²) in [6.07, 6.45) is 3.90. The molecule has 1 amide bonds. The van der Waals surface area contributed by atoms with Crippen molar-refractivity contribution in [3.63, 3.8) is 0 Å². The number of benzene rings is 3.